The van der Waals surface area contributed by atoms with Gasteiger partial charge in [-0.1, -0.05) is 12.8 Å². The van der Waals surface area contributed by atoms with E-state index in [0.29, 0.717) is 13.0 Å². The number of amides is 1. The Balaban J connectivity index is 0. The van der Waals surface area contributed by atoms with Gasteiger partial charge in [0.1, 0.15) is 9.84 Å². The molecule has 0 saturated heterocycles. The summed E-state index contributed by atoms with van der Waals surface area (Å²) >= 11 is 0. The molecule has 0 aliphatic rings. The summed E-state index contributed by atoms with van der Waals surface area (Å²) in [5, 5.41) is 0. The Morgan fingerprint density at radius 1 is 1.21 bits per heavy atom. The second-order valence-electron chi connectivity index (χ2n) is 4.90. The van der Waals surface area contributed by atoms with Crippen LogP contribution in [0.15, 0.2) is 0 Å². The van der Waals surface area contributed by atoms with Crippen LogP contribution in [0, 0.1) is 0 Å². The van der Waals surface area contributed by atoms with Gasteiger partial charge in [0.05, 0.1) is 5.75 Å². The van der Waals surface area contributed by atoms with E-state index < -0.39 is 9.84 Å². The number of nitrogens with two attached hydrogens (primary N) is 1. The Hall–Kier alpha value is -0.330. The maximum absolute atomic E-state index is 11.8. The minimum atomic E-state index is -3.04. The van der Waals surface area contributed by atoms with E-state index in [1.807, 2.05) is 0 Å². The lowest BCUT2D eigenvalue weighted by Gasteiger charge is -2.24. The predicted octanol–water partition coefficient (Wildman–Crippen LogP) is 1.21. The number of nitrogens with zero attached hydrogens (tertiary/aromatic N) is 1. The molecule has 0 spiro atoms. The Morgan fingerprint density at radius 3 is 2.21 bits per heavy atom. The second-order valence-corrected chi connectivity index (χ2v) is 7.08. The fourth-order valence-electron chi connectivity index (χ4n) is 1.75. The number of halogens is 1. The van der Waals surface area contributed by atoms with Crippen LogP contribution < -0.4 is 5.73 Å². The largest absolute Gasteiger partial charge is 0.342 e. The normalized spacial score (nSPS) is 12.6. The van der Waals surface area contributed by atoms with Crippen LogP contribution in [-0.4, -0.2) is 50.9 Å². The molecule has 0 saturated carbocycles. The molecule has 0 aromatic heterocycles. The highest BCUT2D eigenvalue weighted by Gasteiger charge is 2.19. The van der Waals surface area contributed by atoms with E-state index in [1.54, 1.807) is 14.0 Å². The van der Waals surface area contributed by atoms with Crippen molar-refractivity contribution in [3.63, 3.8) is 0 Å². The van der Waals surface area contributed by atoms with Gasteiger partial charge in [-0.25, -0.2) is 8.42 Å². The van der Waals surface area contributed by atoms with Gasteiger partial charge in [0, 0.05) is 25.8 Å². The van der Waals surface area contributed by atoms with Crippen molar-refractivity contribution in [3.05, 3.63) is 0 Å². The van der Waals surface area contributed by atoms with E-state index in [4.69, 9.17) is 5.73 Å². The van der Waals surface area contributed by atoms with Crippen molar-refractivity contribution in [2.24, 2.45) is 5.73 Å². The Bertz CT molecular complexity index is 347. The Morgan fingerprint density at radius 2 is 1.74 bits per heavy atom. The van der Waals surface area contributed by atoms with Crippen LogP contribution in [0.3, 0.4) is 0 Å². The molecule has 0 radical (unpaired) electrons. The number of carbonyl (C=O) groups excluding carboxylic acids is 1. The van der Waals surface area contributed by atoms with Crippen molar-refractivity contribution >= 4 is 28.2 Å². The minimum absolute atomic E-state index is 0. The van der Waals surface area contributed by atoms with Crippen molar-refractivity contribution in [1.82, 2.24) is 4.90 Å². The first-order valence-corrected chi connectivity index (χ1v) is 8.47. The van der Waals surface area contributed by atoms with Gasteiger partial charge in [-0.2, -0.15) is 0 Å². The third-order valence-corrected chi connectivity index (χ3v) is 4.03. The first-order valence-electron chi connectivity index (χ1n) is 6.41. The quantitative estimate of drug-likeness (QED) is 0.649. The molecular formula is C12H27ClN2O3S. The zero-order valence-corrected chi connectivity index (χ0v) is 13.7. The maximum atomic E-state index is 11.8. The monoisotopic (exact) mass is 314 g/mol. The fraction of sp³-hybridized carbons (Fsp3) is 0.917. The Labute approximate surface area is 123 Å². The van der Waals surface area contributed by atoms with E-state index in [9.17, 15) is 13.2 Å². The zero-order valence-electron chi connectivity index (χ0n) is 12.1. The van der Waals surface area contributed by atoms with E-state index in [0.717, 1.165) is 25.7 Å². The summed E-state index contributed by atoms with van der Waals surface area (Å²) < 4.78 is 22.3. The van der Waals surface area contributed by atoms with Crippen molar-refractivity contribution < 1.29 is 13.2 Å². The molecule has 0 aromatic rings. The molecule has 2 N–H and O–H groups in total. The smallest absolute Gasteiger partial charge is 0.222 e. The van der Waals surface area contributed by atoms with Gasteiger partial charge in [0.2, 0.25) is 5.91 Å². The lowest BCUT2D eigenvalue weighted by molar-refractivity contribution is -0.131. The molecule has 7 heteroatoms. The maximum Gasteiger partial charge on any atom is 0.222 e. The molecule has 5 nitrogen and oxygen atoms in total. The van der Waals surface area contributed by atoms with Gasteiger partial charge in [0.15, 0.2) is 0 Å². The van der Waals surface area contributed by atoms with Crippen LogP contribution in [0.4, 0.5) is 0 Å². The summed E-state index contributed by atoms with van der Waals surface area (Å²) in [7, 11) is -1.38. The SMILES string of the molecule is CC(CS(C)(=O)=O)N(C)C(=O)CCCCCCN.Cl. The number of sulfone groups is 1. The standard InChI is InChI=1S/C12H26N2O3S.ClH/c1-11(10-18(3,16)17)14(2)12(15)8-6-4-5-7-9-13;/h11H,4-10,13H2,1-3H3;1H. The molecular weight excluding hydrogens is 288 g/mol. The first-order chi connectivity index (χ1) is 8.28. The Kier molecular flexibility index (Phi) is 11.5. The van der Waals surface area contributed by atoms with E-state index in [2.05, 4.69) is 0 Å². The molecule has 0 heterocycles. The third kappa shape index (κ3) is 11.2. The molecule has 19 heavy (non-hydrogen) atoms. The number of hydrogen-bond donors (Lipinski definition) is 1. The van der Waals surface area contributed by atoms with E-state index in [1.165, 1.54) is 11.2 Å². The first kappa shape index (κ1) is 21.0. The van der Waals surface area contributed by atoms with E-state index >= 15 is 0 Å². The van der Waals surface area contributed by atoms with Crippen LogP contribution in [0.5, 0.6) is 0 Å². The predicted molar refractivity (Wildman–Crippen MR) is 81.3 cm³/mol. The molecule has 1 amide bonds. The molecule has 0 aliphatic carbocycles. The highest BCUT2D eigenvalue weighted by atomic mass is 35.5. The highest BCUT2D eigenvalue weighted by molar-refractivity contribution is 7.90. The number of hydrogen-bond acceptors (Lipinski definition) is 4. The van der Waals surface area contributed by atoms with Crippen LogP contribution >= 0.6 is 12.4 Å². The van der Waals surface area contributed by atoms with Crippen molar-refractivity contribution in [2.45, 2.75) is 45.1 Å². The third-order valence-electron chi connectivity index (χ3n) is 2.94. The van der Waals surface area contributed by atoms with Gasteiger partial charge in [-0.3, -0.25) is 4.79 Å². The van der Waals surface area contributed by atoms with E-state index in [-0.39, 0.29) is 30.1 Å². The van der Waals surface area contributed by atoms with Crippen molar-refractivity contribution in [2.75, 3.05) is 25.6 Å². The van der Waals surface area contributed by atoms with Gasteiger partial charge in [0.25, 0.3) is 0 Å². The number of rotatable bonds is 9. The molecule has 0 rings (SSSR count). The van der Waals surface area contributed by atoms with Crippen LogP contribution in [0.2, 0.25) is 0 Å². The van der Waals surface area contributed by atoms with Crippen molar-refractivity contribution in [3.8, 4) is 0 Å². The molecule has 0 bridgehead atoms. The van der Waals surface area contributed by atoms with Crippen LogP contribution in [0.1, 0.15) is 39.0 Å². The molecule has 116 valence electrons. The second kappa shape index (κ2) is 10.5. The summed E-state index contributed by atoms with van der Waals surface area (Å²) in [6, 6.07) is -0.267. The van der Waals surface area contributed by atoms with Gasteiger partial charge >= 0.3 is 0 Å². The summed E-state index contributed by atoms with van der Waals surface area (Å²) in [5.41, 5.74) is 5.39. The molecule has 1 unspecified atom stereocenters. The van der Waals surface area contributed by atoms with Crippen molar-refractivity contribution in [1.29, 1.82) is 0 Å². The van der Waals surface area contributed by atoms with Crippen LogP contribution in [-0.2, 0) is 14.6 Å². The summed E-state index contributed by atoms with van der Waals surface area (Å²) in [4.78, 5) is 13.3. The average molecular weight is 315 g/mol. The lowest BCUT2D eigenvalue weighted by Crippen LogP contribution is -2.39. The fourth-order valence-corrected chi connectivity index (χ4v) is 2.85. The molecule has 0 aromatic carbocycles. The number of unbranched alkanes of at least 4 members (excludes halogenated alkanes) is 3. The molecule has 0 fully saturated rings. The minimum Gasteiger partial charge on any atom is -0.342 e. The van der Waals surface area contributed by atoms with Gasteiger partial charge in [-0.15, -0.1) is 12.4 Å². The topological polar surface area (TPSA) is 80.5 Å². The van der Waals surface area contributed by atoms with Gasteiger partial charge in [-0.05, 0) is 26.3 Å². The summed E-state index contributed by atoms with van der Waals surface area (Å²) in [5.74, 6) is 0.0292. The van der Waals surface area contributed by atoms with Crippen LogP contribution in [0.25, 0.3) is 0 Å². The summed E-state index contributed by atoms with van der Waals surface area (Å²) in [6.45, 7) is 2.45. The highest BCUT2D eigenvalue weighted by Crippen LogP contribution is 2.07. The average Bonchev–Trinajstić information content (AvgIpc) is 2.25. The summed E-state index contributed by atoms with van der Waals surface area (Å²) in [6.07, 6.45) is 5.55. The molecule has 1 atom stereocenters. The molecule has 0 aliphatic heterocycles. The lowest BCUT2D eigenvalue weighted by atomic mass is 10.1. The number of carbonyl (C=O) groups is 1. The van der Waals surface area contributed by atoms with Gasteiger partial charge < -0.3 is 10.6 Å². The zero-order chi connectivity index (χ0) is 14.2.